The van der Waals surface area contributed by atoms with Gasteiger partial charge in [-0.3, -0.25) is 10.5 Å². The molecule has 30 valence electrons. The quantitative estimate of drug-likeness (QED) is 0.188. The van der Waals surface area contributed by atoms with Gasteiger partial charge >= 0.3 is 51.4 Å². The Morgan fingerprint density at radius 1 is 1.00 bits per heavy atom. The summed E-state index contributed by atoms with van der Waals surface area (Å²) in [5.74, 6) is 0. The monoisotopic (exact) mass is 108 g/mol. The van der Waals surface area contributed by atoms with Crippen molar-refractivity contribution in [3.8, 4) is 0 Å². The number of hydrogen-bond acceptors (Lipinski definition) is 3. The molecule has 0 aliphatic carbocycles. The van der Waals surface area contributed by atoms with E-state index >= 15 is 0 Å². The summed E-state index contributed by atoms with van der Waals surface area (Å²) in [4.78, 5) is 0. The summed E-state index contributed by atoms with van der Waals surface area (Å²) in [5.41, 5.74) is 0. The molecule has 0 aromatic carbocycles. The van der Waals surface area contributed by atoms with Gasteiger partial charge in [-0.05, 0) is 0 Å². The van der Waals surface area contributed by atoms with Crippen LogP contribution in [0.15, 0.2) is 0 Å². The Kier molecular flexibility index (Phi) is 319. The molecule has 5 heteroatoms. The van der Waals surface area contributed by atoms with Crippen molar-refractivity contribution in [2.24, 2.45) is 0 Å². The minimum atomic E-state index is 0. The third-order valence-electron chi connectivity index (χ3n) is 0. The van der Waals surface area contributed by atoms with Gasteiger partial charge in [-0.15, -0.1) is 0 Å². The summed E-state index contributed by atoms with van der Waals surface area (Å²) in [6, 6.07) is 0. The topological polar surface area (TPSA) is 102 Å². The summed E-state index contributed by atoms with van der Waals surface area (Å²) in [6.07, 6.45) is 0. The number of hydrogen-bond donors (Lipinski definition) is 2. The Hall–Kier alpha value is 1.48. The molecule has 0 heterocycles. The van der Waals surface area contributed by atoms with Gasteiger partial charge in [0, 0.05) is 0 Å². The van der Waals surface area contributed by atoms with E-state index in [0.717, 1.165) is 0 Å². The maximum Gasteiger partial charge on any atom is 1.00 e. The molecule has 0 radical (unpaired) electrons. The predicted molar refractivity (Wildman–Crippen MR) is 10.8 cm³/mol. The molecule has 0 spiro atoms. The number of rotatable bonds is 0. The predicted octanol–water partition coefficient (Wildman–Crippen LogP) is -3.98. The Bertz CT molecular complexity index is 3.61. The van der Waals surface area contributed by atoms with Crippen molar-refractivity contribution >= 4 is 0 Å². The van der Waals surface area contributed by atoms with Gasteiger partial charge in [-0.2, -0.15) is 0 Å². The summed E-state index contributed by atoms with van der Waals surface area (Å²) < 4.78 is 0. The van der Waals surface area contributed by atoms with Crippen LogP contribution in [0.5, 0.6) is 0 Å². The molecular weight excluding hydrogens is 103 g/mol. The van der Waals surface area contributed by atoms with E-state index in [0.29, 0.717) is 0 Å². The van der Waals surface area contributed by atoms with E-state index in [-0.39, 0.29) is 62.3 Å². The van der Waals surface area contributed by atoms with E-state index in [4.69, 9.17) is 10.5 Å². The van der Waals surface area contributed by atoms with E-state index in [1.165, 1.54) is 0 Å². The van der Waals surface area contributed by atoms with Crippen molar-refractivity contribution in [1.29, 1.82) is 0 Å². The van der Waals surface area contributed by atoms with Gasteiger partial charge < -0.3 is 11.0 Å². The normalized spacial score (nSPS) is 1.20. The van der Waals surface area contributed by atoms with E-state index < -0.39 is 0 Å². The van der Waals surface area contributed by atoms with Gasteiger partial charge in [0.25, 0.3) is 0 Å². The average molecular weight is 108 g/mol. The second kappa shape index (κ2) is 50.3. The summed E-state index contributed by atoms with van der Waals surface area (Å²) in [5, 5.41) is 12.0. The molecule has 0 aliphatic rings. The first-order valence-corrected chi connectivity index (χ1v) is 0.200. The Balaban J connectivity index is -0.00000000167. The van der Waals surface area contributed by atoms with E-state index in [1.807, 2.05) is 0 Å². The molecule has 0 rings (SSSR count). The third kappa shape index (κ3) is 30.4. The Morgan fingerprint density at radius 2 is 1.00 bits per heavy atom. The zero-order chi connectivity index (χ0) is 2.00. The fraction of sp³-hybridized carbons (Fsp3) is 0. The van der Waals surface area contributed by atoms with Crippen LogP contribution in [-0.4, -0.2) is 21.5 Å². The van der Waals surface area contributed by atoms with Crippen molar-refractivity contribution < 1.29 is 72.9 Å². The van der Waals surface area contributed by atoms with Crippen LogP contribution in [0.3, 0.4) is 0 Å². The van der Waals surface area contributed by atoms with Gasteiger partial charge in [0.05, 0.1) is 0 Å². The first-order valence-electron chi connectivity index (χ1n) is 0.200. The van der Waals surface area contributed by atoms with Crippen molar-refractivity contribution in [3.63, 3.8) is 0 Å². The van der Waals surface area contributed by atoms with Crippen LogP contribution in [0.25, 0.3) is 0 Å². The van der Waals surface area contributed by atoms with E-state index in [2.05, 4.69) is 0 Å². The molecule has 0 saturated heterocycles. The van der Waals surface area contributed by atoms with Crippen molar-refractivity contribution in [3.05, 3.63) is 0 Å². The van der Waals surface area contributed by atoms with Crippen molar-refractivity contribution in [2.45, 2.75) is 0 Å². The van der Waals surface area contributed by atoms with Gasteiger partial charge in [-0.25, -0.2) is 0 Å². The minimum absolute atomic E-state index is 0. The maximum atomic E-state index is 6.00. The molecule has 0 unspecified atom stereocenters. The molecule has 5 heavy (non-hydrogen) atoms. The standard InChI is InChI=1S/K.H2O2.2H2O/c;1-2;;/h;1-2H;2*1H2/q+1;;;/p-1. The zero-order valence-electron chi connectivity index (χ0n) is 2.84. The molecule has 0 saturated carbocycles. The fourth-order valence-corrected chi connectivity index (χ4v) is 0. The summed E-state index contributed by atoms with van der Waals surface area (Å²) >= 11 is 0. The molecule has 0 fully saturated rings. The first kappa shape index (κ1) is 31.7. The molecular formula is H5KO4. The van der Waals surface area contributed by atoms with Crippen molar-refractivity contribution in [1.82, 2.24) is 0 Å². The zero-order valence-corrected chi connectivity index (χ0v) is 5.96. The molecule has 0 amide bonds. The molecule has 4 nitrogen and oxygen atoms in total. The summed E-state index contributed by atoms with van der Waals surface area (Å²) in [7, 11) is 0. The largest absolute Gasteiger partial charge is 1.00 e. The van der Waals surface area contributed by atoms with E-state index in [9.17, 15) is 0 Å². The molecule has 0 aliphatic heterocycles. The first-order chi connectivity index (χ1) is 1.00. The van der Waals surface area contributed by atoms with Crippen LogP contribution >= 0.6 is 0 Å². The van der Waals surface area contributed by atoms with Gasteiger partial charge in [0.2, 0.25) is 0 Å². The Morgan fingerprint density at radius 3 is 1.00 bits per heavy atom. The molecule has 0 aromatic rings. The van der Waals surface area contributed by atoms with Crippen LogP contribution in [0, 0.1) is 0 Å². The van der Waals surface area contributed by atoms with Crippen LogP contribution in [0.2, 0.25) is 0 Å². The minimum Gasteiger partial charge on any atom is -0.870 e. The second-order valence-corrected chi connectivity index (χ2v) is 0. The maximum absolute atomic E-state index is 6.00. The second-order valence-electron chi connectivity index (χ2n) is 0. The van der Waals surface area contributed by atoms with Crippen LogP contribution in [0.1, 0.15) is 0 Å². The SMILES string of the molecule is O.OO.[K+].[OH-]. The van der Waals surface area contributed by atoms with Crippen molar-refractivity contribution in [2.75, 3.05) is 0 Å². The third-order valence-corrected chi connectivity index (χ3v) is 0. The fourth-order valence-electron chi connectivity index (χ4n) is 0. The molecule has 5 N–H and O–H groups in total. The smallest absolute Gasteiger partial charge is 0.870 e. The van der Waals surface area contributed by atoms with Gasteiger partial charge in [0.1, 0.15) is 0 Å². The van der Waals surface area contributed by atoms with Gasteiger partial charge in [0.15, 0.2) is 0 Å². The summed E-state index contributed by atoms with van der Waals surface area (Å²) in [6.45, 7) is 0. The molecule has 0 bridgehead atoms. The van der Waals surface area contributed by atoms with Crippen LogP contribution in [0.4, 0.5) is 0 Å². The van der Waals surface area contributed by atoms with Gasteiger partial charge in [-0.1, -0.05) is 0 Å². The molecule has 0 atom stereocenters. The van der Waals surface area contributed by atoms with Crippen LogP contribution in [-0.2, 0) is 0 Å². The van der Waals surface area contributed by atoms with Crippen LogP contribution < -0.4 is 51.4 Å². The molecule has 0 aromatic heterocycles. The Labute approximate surface area is 71.8 Å². The average Bonchev–Trinajstić information content (AvgIpc) is 1.00. The van der Waals surface area contributed by atoms with E-state index in [1.54, 1.807) is 0 Å².